The van der Waals surface area contributed by atoms with Crippen LogP contribution < -0.4 is 0 Å². The molecule has 1 spiro atoms. The summed E-state index contributed by atoms with van der Waals surface area (Å²) >= 11 is 0. The second kappa shape index (κ2) is 9.78. The molecule has 5 rings (SSSR count). The predicted molar refractivity (Wildman–Crippen MR) is 139 cm³/mol. The van der Waals surface area contributed by atoms with Gasteiger partial charge in [-0.15, -0.1) is 0 Å². The molecule has 10 nitrogen and oxygen atoms in total. The minimum atomic E-state index is -1.48. The summed E-state index contributed by atoms with van der Waals surface area (Å²) in [4.78, 5) is 50.8. The van der Waals surface area contributed by atoms with Gasteiger partial charge >= 0.3 is 17.9 Å². The van der Waals surface area contributed by atoms with Gasteiger partial charge in [0.1, 0.15) is 18.3 Å². The average Bonchev–Trinajstić information content (AvgIpc) is 3.24. The van der Waals surface area contributed by atoms with Crippen LogP contribution in [0.15, 0.2) is 42.0 Å². The van der Waals surface area contributed by atoms with Crippen LogP contribution in [0.25, 0.3) is 0 Å². The van der Waals surface area contributed by atoms with Crippen molar-refractivity contribution in [1.29, 1.82) is 0 Å². The molecule has 40 heavy (non-hydrogen) atoms. The summed E-state index contributed by atoms with van der Waals surface area (Å²) in [5.41, 5.74) is -1.35. The van der Waals surface area contributed by atoms with Crippen LogP contribution in [-0.2, 0) is 38.1 Å². The number of carbonyl (C=O) groups is 4. The fourth-order valence-electron chi connectivity index (χ4n) is 7.62. The van der Waals surface area contributed by atoms with Crippen molar-refractivity contribution in [3.8, 4) is 0 Å². The van der Waals surface area contributed by atoms with Gasteiger partial charge in [-0.05, 0) is 36.8 Å². The summed E-state index contributed by atoms with van der Waals surface area (Å²) in [6, 6.07) is 8.38. The third kappa shape index (κ3) is 4.19. The minimum Gasteiger partial charge on any atom is -0.457 e. The largest absolute Gasteiger partial charge is 0.457 e. The van der Waals surface area contributed by atoms with Crippen LogP contribution in [0.3, 0.4) is 0 Å². The topological polar surface area (TPSA) is 135 Å². The van der Waals surface area contributed by atoms with Crippen molar-refractivity contribution in [3.05, 3.63) is 47.5 Å². The van der Waals surface area contributed by atoms with E-state index in [4.69, 9.17) is 23.7 Å². The van der Waals surface area contributed by atoms with Crippen molar-refractivity contribution >= 4 is 23.7 Å². The summed E-state index contributed by atoms with van der Waals surface area (Å²) in [6.45, 7) is 9.60. The number of ether oxygens (including phenoxy) is 5. The van der Waals surface area contributed by atoms with Crippen molar-refractivity contribution in [1.82, 2.24) is 0 Å². The van der Waals surface area contributed by atoms with Crippen molar-refractivity contribution < 1.29 is 48.0 Å². The highest BCUT2D eigenvalue weighted by Crippen LogP contribution is 2.67. The van der Waals surface area contributed by atoms with Crippen LogP contribution in [0.4, 0.5) is 0 Å². The lowest BCUT2D eigenvalue weighted by Crippen LogP contribution is -2.75. The summed E-state index contributed by atoms with van der Waals surface area (Å²) in [5, 5.41) is 11.7. The minimum absolute atomic E-state index is 0.0777. The third-order valence-corrected chi connectivity index (χ3v) is 9.38. The number of rotatable bonds is 5. The van der Waals surface area contributed by atoms with Crippen LogP contribution in [-0.4, -0.2) is 71.7 Å². The number of carbonyl (C=O) groups excluding carboxylic acids is 4. The molecule has 1 saturated heterocycles. The zero-order valence-electron chi connectivity index (χ0n) is 23.5. The quantitative estimate of drug-likeness (QED) is 0.426. The highest BCUT2D eigenvalue weighted by molar-refractivity contribution is 5.94. The molecule has 3 fully saturated rings. The highest BCUT2D eigenvalue weighted by atomic mass is 16.8. The van der Waals surface area contributed by atoms with Gasteiger partial charge in [-0.2, -0.15) is 0 Å². The number of hydrogen-bond acceptors (Lipinski definition) is 10. The molecule has 2 heterocycles. The SMILES string of the molecule is CC(=O)OC1C(O)C(C)(C)C2CC(OC(C)=O)C34OCC(O3)C(C(C)=O)=CC4C2(C)C1OC(=O)c1ccccc1. The van der Waals surface area contributed by atoms with Gasteiger partial charge in [-0.3, -0.25) is 14.4 Å². The molecule has 9 atom stereocenters. The third-order valence-electron chi connectivity index (χ3n) is 9.38. The standard InChI is InChI=1S/C30H36O10/c1-15(31)19-12-22-29(6)21(13-23(37-16(2)32)30(22)36-14-20(19)40-30)28(4,5)25(34)24(38-17(3)33)26(29)39-27(35)18-10-8-7-9-11-18/h7-12,20-26,34H,13-14H2,1-6H3. The number of aliphatic hydroxyl groups excluding tert-OH is 1. The van der Waals surface area contributed by atoms with E-state index in [2.05, 4.69) is 0 Å². The number of esters is 3. The molecule has 216 valence electrons. The molecule has 1 aromatic carbocycles. The summed E-state index contributed by atoms with van der Waals surface area (Å²) in [6.07, 6.45) is -3.18. The number of fused-ring (bicyclic) bond motifs is 3. The van der Waals surface area contributed by atoms with E-state index in [-0.39, 0.29) is 24.4 Å². The van der Waals surface area contributed by atoms with Crippen molar-refractivity contribution in [2.75, 3.05) is 6.61 Å². The van der Waals surface area contributed by atoms with Gasteiger partial charge in [0.15, 0.2) is 18.0 Å². The maximum absolute atomic E-state index is 13.5. The second-order valence-corrected chi connectivity index (χ2v) is 12.1. The Kier molecular flexibility index (Phi) is 6.96. The van der Waals surface area contributed by atoms with Gasteiger partial charge in [0.25, 0.3) is 0 Å². The molecule has 10 heteroatoms. The number of ketones is 1. The molecular formula is C30H36O10. The Labute approximate surface area is 232 Å². The van der Waals surface area contributed by atoms with Crippen molar-refractivity contribution in [2.24, 2.45) is 22.7 Å². The molecule has 2 aliphatic carbocycles. The zero-order valence-corrected chi connectivity index (χ0v) is 23.5. The molecule has 0 radical (unpaired) electrons. The number of aliphatic hydroxyl groups is 1. The molecular weight excluding hydrogens is 520 g/mol. The Morgan fingerprint density at radius 1 is 0.950 bits per heavy atom. The first-order valence-electron chi connectivity index (χ1n) is 13.6. The van der Waals surface area contributed by atoms with E-state index in [0.29, 0.717) is 5.57 Å². The van der Waals surface area contributed by atoms with Gasteiger partial charge < -0.3 is 28.8 Å². The molecule has 4 aliphatic rings. The van der Waals surface area contributed by atoms with Gasteiger partial charge in [-0.1, -0.05) is 45.0 Å². The lowest BCUT2D eigenvalue weighted by Gasteiger charge is -2.66. The van der Waals surface area contributed by atoms with E-state index in [1.807, 2.05) is 20.8 Å². The first kappa shape index (κ1) is 28.4. The Morgan fingerprint density at radius 2 is 1.60 bits per heavy atom. The van der Waals surface area contributed by atoms with Crippen molar-refractivity contribution in [2.45, 2.75) is 84.3 Å². The van der Waals surface area contributed by atoms with E-state index >= 15 is 0 Å². The zero-order chi connectivity index (χ0) is 29.2. The number of Topliss-reactive ketones (excluding diaryl/α,β-unsaturated/α-hetero) is 1. The van der Waals surface area contributed by atoms with Crippen LogP contribution >= 0.6 is 0 Å². The molecule has 1 aromatic rings. The summed E-state index contributed by atoms with van der Waals surface area (Å²) < 4.78 is 30.4. The number of benzene rings is 1. The Hall–Kier alpha value is -3.08. The maximum atomic E-state index is 13.5. The van der Waals surface area contributed by atoms with Gasteiger partial charge in [0.05, 0.1) is 12.2 Å². The van der Waals surface area contributed by atoms with E-state index in [9.17, 15) is 24.3 Å². The summed E-state index contributed by atoms with van der Waals surface area (Å²) in [7, 11) is 0. The predicted octanol–water partition coefficient (Wildman–Crippen LogP) is 2.76. The lowest BCUT2D eigenvalue weighted by atomic mass is 9.43. The first-order valence-corrected chi connectivity index (χ1v) is 13.6. The number of hydrogen-bond donors (Lipinski definition) is 1. The molecule has 1 N–H and O–H groups in total. The van der Waals surface area contributed by atoms with Gasteiger partial charge in [0, 0.05) is 30.8 Å². The molecule has 9 unspecified atom stereocenters. The highest BCUT2D eigenvalue weighted by Gasteiger charge is 2.75. The monoisotopic (exact) mass is 556 g/mol. The summed E-state index contributed by atoms with van der Waals surface area (Å²) in [5.74, 6) is -4.77. The fraction of sp³-hybridized carbons (Fsp3) is 0.600. The molecule has 2 saturated carbocycles. The van der Waals surface area contributed by atoms with Gasteiger partial charge in [0.2, 0.25) is 5.79 Å². The van der Waals surface area contributed by atoms with Gasteiger partial charge in [-0.25, -0.2) is 4.79 Å². The van der Waals surface area contributed by atoms with E-state index in [1.165, 1.54) is 20.8 Å². The van der Waals surface area contributed by atoms with Crippen LogP contribution in [0, 0.1) is 22.7 Å². The maximum Gasteiger partial charge on any atom is 0.338 e. The smallest absolute Gasteiger partial charge is 0.338 e. The molecule has 0 amide bonds. The van der Waals surface area contributed by atoms with E-state index < -0.39 is 76.9 Å². The van der Waals surface area contributed by atoms with Crippen molar-refractivity contribution in [3.63, 3.8) is 0 Å². The Bertz CT molecular complexity index is 1250. The van der Waals surface area contributed by atoms with E-state index in [0.717, 1.165) is 0 Å². The second-order valence-electron chi connectivity index (χ2n) is 12.1. The van der Waals surface area contributed by atoms with E-state index in [1.54, 1.807) is 36.4 Å². The average molecular weight is 557 g/mol. The fourth-order valence-corrected chi connectivity index (χ4v) is 7.62. The molecule has 2 aliphatic heterocycles. The lowest BCUT2D eigenvalue weighted by molar-refractivity contribution is -0.344. The first-order chi connectivity index (χ1) is 18.7. The molecule has 0 aromatic heterocycles. The van der Waals surface area contributed by atoms with Crippen LogP contribution in [0.5, 0.6) is 0 Å². The Balaban J connectivity index is 1.72. The van der Waals surface area contributed by atoms with Crippen LogP contribution in [0.1, 0.15) is 58.3 Å². The Morgan fingerprint density at radius 3 is 2.20 bits per heavy atom. The van der Waals surface area contributed by atoms with Crippen LogP contribution in [0.2, 0.25) is 0 Å². The molecule has 2 bridgehead atoms. The normalized spacial score (nSPS) is 39.2.